The van der Waals surface area contributed by atoms with Crippen molar-refractivity contribution in [2.24, 2.45) is 0 Å². The van der Waals surface area contributed by atoms with Crippen LogP contribution in [0.5, 0.6) is 0 Å². The Bertz CT molecular complexity index is 1030. The monoisotopic (exact) mass is 429 g/mol. The zero-order valence-corrected chi connectivity index (χ0v) is 17.4. The van der Waals surface area contributed by atoms with Gasteiger partial charge in [-0.05, 0) is 49.7 Å². The van der Waals surface area contributed by atoms with Crippen LogP contribution in [0.1, 0.15) is 29.7 Å². The predicted octanol–water partition coefficient (Wildman–Crippen LogP) is 5.13. The second kappa shape index (κ2) is 8.85. The van der Waals surface area contributed by atoms with Crippen molar-refractivity contribution in [3.8, 4) is 0 Å². The maximum atomic E-state index is 13.5. The molecule has 1 fully saturated rings. The van der Waals surface area contributed by atoms with Gasteiger partial charge in [-0.3, -0.25) is 4.98 Å². The molecule has 0 saturated carbocycles. The van der Waals surface area contributed by atoms with Gasteiger partial charge in [0.05, 0.1) is 30.0 Å². The van der Waals surface area contributed by atoms with Crippen molar-refractivity contribution in [1.82, 2.24) is 10.3 Å². The standard InChI is InChI=1S/C24H26F3N3O/c1-28-21-14-18(30-20-9-5-8-19(22(20)21)24(25,26)27)15-31-16-23(10-12-29-13-11-23)17-6-3-2-4-7-17/h2-9,14,29H,10-13,15-16H2,1H3,(H,28,30). The highest BCUT2D eigenvalue weighted by atomic mass is 19.4. The van der Waals surface area contributed by atoms with Crippen LogP contribution in [0.4, 0.5) is 18.9 Å². The first-order valence-electron chi connectivity index (χ1n) is 10.4. The van der Waals surface area contributed by atoms with Gasteiger partial charge in [-0.25, -0.2) is 0 Å². The first kappa shape index (κ1) is 21.6. The molecule has 2 aromatic carbocycles. The lowest BCUT2D eigenvalue weighted by molar-refractivity contribution is -0.136. The summed E-state index contributed by atoms with van der Waals surface area (Å²) in [6.45, 7) is 2.63. The van der Waals surface area contributed by atoms with Crippen molar-refractivity contribution in [3.63, 3.8) is 0 Å². The second-order valence-corrected chi connectivity index (χ2v) is 8.00. The number of nitrogens with one attached hydrogen (secondary N) is 2. The molecule has 2 N–H and O–H groups in total. The summed E-state index contributed by atoms with van der Waals surface area (Å²) in [6, 6.07) is 16.1. The SMILES string of the molecule is CNc1cc(COCC2(c3ccccc3)CCNCC2)nc2cccc(C(F)(F)F)c12. The summed E-state index contributed by atoms with van der Waals surface area (Å²) in [5.74, 6) is 0. The number of nitrogens with zero attached hydrogens (tertiary/aromatic N) is 1. The minimum Gasteiger partial charge on any atom is -0.388 e. The van der Waals surface area contributed by atoms with E-state index in [-0.39, 0.29) is 17.4 Å². The molecule has 0 atom stereocenters. The first-order valence-corrected chi connectivity index (χ1v) is 10.4. The third kappa shape index (κ3) is 4.52. The Kier molecular flexibility index (Phi) is 6.16. The summed E-state index contributed by atoms with van der Waals surface area (Å²) in [4.78, 5) is 4.46. The molecule has 31 heavy (non-hydrogen) atoms. The Balaban J connectivity index is 1.58. The molecular formula is C24H26F3N3O. The van der Waals surface area contributed by atoms with Gasteiger partial charge in [0.2, 0.25) is 0 Å². The second-order valence-electron chi connectivity index (χ2n) is 8.00. The van der Waals surface area contributed by atoms with Gasteiger partial charge in [0, 0.05) is 23.5 Å². The quantitative estimate of drug-likeness (QED) is 0.570. The predicted molar refractivity (Wildman–Crippen MR) is 116 cm³/mol. The molecular weight excluding hydrogens is 403 g/mol. The van der Waals surface area contributed by atoms with Crippen LogP contribution in [0.2, 0.25) is 0 Å². The lowest BCUT2D eigenvalue weighted by Gasteiger charge is -2.38. The normalized spacial score (nSPS) is 16.4. The maximum Gasteiger partial charge on any atom is 0.417 e. The van der Waals surface area contributed by atoms with Gasteiger partial charge in [0.25, 0.3) is 0 Å². The minimum atomic E-state index is -4.44. The van der Waals surface area contributed by atoms with Crippen molar-refractivity contribution in [2.75, 3.05) is 32.1 Å². The number of pyridine rings is 1. The molecule has 1 aromatic heterocycles. The van der Waals surface area contributed by atoms with Crippen LogP contribution < -0.4 is 10.6 Å². The van der Waals surface area contributed by atoms with E-state index < -0.39 is 11.7 Å². The smallest absolute Gasteiger partial charge is 0.388 e. The van der Waals surface area contributed by atoms with Crippen LogP contribution >= 0.6 is 0 Å². The number of fused-ring (bicyclic) bond motifs is 1. The van der Waals surface area contributed by atoms with Crippen molar-refractivity contribution in [1.29, 1.82) is 0 Å². The summed E-state index contributed by atoms with van der Waals surface area (Å²) in [5, 5.41) is 6.38. The van der Waals surface area contributed by atoms with Crippen LogP contribution in [0, 0.1) is 0 Å². The van der Waals surface area contributed by atoms with Crippen LogP contribution in [-0.4, -0.2) is 31.7 Å². The fourth-order valence-corrected chi connectivity index (χ4v) is 4.41. The van der Waals surface area contributed by atoms with E-state index in [2.05, 4.69) is 27.8 Å². The molecule has 0 radical (unpaired) electrons. The number of rotatable bonds is 6. The average molecular weight is 429 g/mol. The van der Waals surface area contributed by atoms with Gasteiger partial charge < -0.3 is 15.4 Å². The highest BCUT2D eigenvalue weighted by molar-refractivity contribution is 5.94. The van der Waals surface area contributed by atoms with Crippen LogP contribution in [0.25, 0.3) is 10.9 Å². The van der Waals surface area contributed by atoms with Gasteiger partial charge in [-0.1, -0.05) is 36.4 Å². The van der Waals surface area contributed by atoms with Gasteiger partial charge >= 0.3 is 6.18 Å². The van der Waals surface area contributed by atoms with E-state index in [1.807, 2.05) is 18.2 Å². The number of benzene rings is 2. The van der Waals surface area contributed by atoms with E-state index >= 15 is 0 Å². The largest absolute Gasteiger partial charge is 0.417 e. The number of aromatic nitrogens is 1. The molecule has 1 aliphatic heterocycles. The Labute approximate surface area is 179 Å². The van der Waals surface area contributed by atoms with Crippen LogP contribution in [0.15, 0.2) is 54.6 Å². The number of hydrogen-bond donors (Lipinski definition) is 2. The summed E-state index contributed by atoms with van der Waals surface area (Å²) in [5.41, 5.74) is 1.81. The topological polar surface area (TPSA) is 46.2 Å². The van der Waals surface area contributed by atoms with E-state index in [4.69, 9.17) is 4.74 Å². The van der Waals surface area contributed by atoms with Gasteiger partial charge in [0.15, 0.2) is 0 Å². The summed E-state index contributed by atoms with van der Waals surface area (Å²) >= 11 is 0. The lowest BCUT2D eigenvalue weighted by atomic mass is 9.74. The molecule has 0 amide bonds. The van der Waals surface area contributed by atoms with Crippen LogP contribution in [0.3, 0.4) is 0 Å². The summed E-state index contributed by atoms with van der Waals surface area (Å²) < 4.78 is 46.5. The number of piperidine rings is 1. The third-order valence-corrected chi connectivity index (χ3v) is 6.04. The fourth-order valence-electron chi connectivity index (χ4n) is 4.41. The number of alkyl halides is 3. The van der Waals surface area contributed by atoms with E-state index in [1.54, 1.807) is 19.2 Å². The molecule has 7 heteroatoms. The number of anilines is 1. The van der Waals surface area contributed by atoms with Gasteiger partial charge in [-0.15, -0.1) is 0 Å². The van der Waals surface area contributed by atoms with Crippen LogP contribution in [-0.2, 0) is 22.9 Å². The Morgan fingerprint density at radius 2 is 1.81 bits per heavy atom. The van der Waals surface area contributed by atoms with Crippen molar-refractivity contribution in [2.45, 2.75) is 31.0 Å². The minimum absolute atomic E-state index is 0.0708. The molecule has 4 rings (SSSR count). The molecule has 0 aliphatic carbocycles. The number of ether oxygens (including phenoxy) is 1. The van der Waals surface area contributed by atoms with Gasteiger partial charge in [0.1, 0.15) is 0 Å². The van der Waals surface area contributed by atoms with E-state index in [0.29, 0.717) is 23.5 Å². The molecule has 0 unspecified atom stereocenters. The summed E-state index contributed by atoms with van der Waals surface area (Å²) in [7, 11) is 1.62. The summed E-state index contributed by atoms with van der Waals surface area (Å²) in [6.07, 6.45) is -2.50. The molecule has 0 spiro atoms. The molecule has 4 nitrogen and oxygen atoms in total. The molecule has 2 heterocycles. The first-order chi connectivity index (χ1) is 14.9. The average Bonchev–Trinajstić information content (AvgIpc) is 2.78. The van der Waals surface area contributed by atoms with Gasteiger partial charge in [-0.2, -0.15) is 13.2 Å². The molecule has 164 valence electrons. The van der Waals surface area contributed by atoms with E-state index in [0.717, 1.165) is 32.0 Å². The zero-order valence-electron chi connectivity index (χ0n) is 17.4. The van der Waals surface area contributed by atoms with Crippen molar-refractivity contribution in [3.05, 3.63) is 71.4 Å². The lowest BCUT2D eigenvalue weighted by Crippen LogP contribution is -2.43. The number of hydrogen-bond acceptors (Lipinski definition) is 4. The Hall–Kier alpha value is -2.64. The Morgan fingerprint density at radius 3 is 2.48 bits per heavy atom. The van der Waals surface area contributed by atoms with E-state index in [9.17, 15) is 13.2 Å². The zero-order chi connectivity index (χ0) is 21.9. The Morgan fingerprint density at radius 1 is 1.06 bits per heavy atom. The highest BCUT2D eigenvalue weighted by Gasteiger charge is 2.35. The molecule has 1 saturated heterocycles. The number of halogens is 3. The maximum absolute atomic E-state index is 13.5. The fraction of sp³-hybridized carbons (Fsp3) is 0.375. The molecule has 3 aromatic rings. The molecule has 1 aliphatic rings. The van der Waals surface area contributed by atoms with E-state index in [1.165, 1.54) is 11.6 Å². The van der Waals surface area contributed by atoms with Crippen molar-refractivity contribution >= 4 is 16.6 Å². The highest BCUT2D eigenvalue weighted by Crippen LogP contribution is 2.38. The van der Waals surface area contributed by atoms with Crippen molar-refractivity contribution < 1.29 is 17.9 Å². The molecule has 0 bridgehead atoms. The third-order valence-electron chi connectivity index (χ3n) is 6.04.